The standard InChI is InChI=1S/C16H18N4O3S/c1-3-17-13-9-15(20-16-11(13)6-7-18-16)19-12-5-4-10(24(21)22)8-14(12)23-2/h4-9H,3H2,1-2H3,(H,21,22)(H3,17,18,19,20)/p-1. The van der Waals surface area contributed by atoms with Crippen molar-refractivity contribution in [2.75, 3.05) is 24.3 Å². The van der Waals surface area contributed by atoms with E-state index in [2.05, 4.69) is 20.6 Å². The zero-order chi connectivity index (χ0) is 17.1. The molecule has 1 unspecified atom stereocenters. The lowest BCUT2D eigenvalue weighted by molar-refractivity contribution is 0.415. The van der Waals surface area contributed by atoms with Gasteiger partial charge in [0, 0.05) is 34.8 Å². The Bertz CT molecular complexity index is 894. The third kappa shape index (κ3) is 3.19. The molecule has 1 atom stereocenters. The molecule has 0 saturated heterocycles. The second-order valence-electron chi connectivity index (χ2n) is 5.05. The molecule has 2 heterocycles. The molecule has 3 N–H and O–H groups in total. The molecule has 0 aliphatic heterocycles. The Morgan fingerprint density at radius 2 is 2.12 bits per heavy atom. The van der Waals surface area contributed by atoms with E-state index in [0.717, 1.165) is 23.3 Å². The Hall–Kier alpha value is -2.58. The van der Waals surface area contributed by atoms with Crippen LogP contribution in [0.25, 0.3) is 11.0 Å². The molecule has 0 saturated carbocycles. The van der Waals surface area contributed by atoms with Crippen molar-refractivity contribution in [3.8, 4) is 5.75 Å². The lowest BCUT2D eigenvalue weighted by atomic mass is 10.2. The van der Waals surface area contributed by atoms with Gasteiger partial charge in [-0.05, 0) is 42.3 Å². The number of hydrogen-bond acceptors (Lipinski definition) is 6. The summed E-state index contributed by atoms with van der Waals surface area (Å²) in [5, 5.41) is 7.48. The van der Waals surface area contributed by atoms with Crippen molar-refractivity contribution in [1.29, 1.82) is 0 Å². The smallest absolute Gasteiger partial charge is 0.143 e. The van der Waals surface area contributed by atoms with Crippen molar-refractivity contribution < 1.29 is 13.5 Å². The molecule has 0 aliphatic rings. The first-order valence-electron chi connectivity index (χ1n) is 7.38. The van der Waals surface area contributed by atoms with E-state index in [1.165, 1.54) is 19.2 Å². The number of H-pyrrole nitrogens is 1. The molecule has 24 heavy (non-hydrogen) atoms. The maximum Gasteiger partial charge on any atom is 0.143 e. The van der Waals surface area contributed by atoms with Crippen molar-refractivity contribution in [3.63, 3.8) is 0 Å². The van der Waals surface area contributed by atoms with Crippen LogP contribution in [0.2, 0.25) is 0 Å². The highest BCUT2D eigenvalue weighted by Gasteiger charge is 2.10. The predicted octanol–water partition coefficient (Wildman–Crippen LogP) is 2.98. The average molecular weight is 345 g/mol. The quantitative estimate of drug-likeness (QED) is 0.594. The number of rotatable bonds is 6. The number of nitrogens with zero attached hydrogens (tertiary/aromatic N) is 1. The lowest BCUT2D eigenvalue weighted by Gasteiger charge is -2.14. The Kier molecular flexibility index (Phi) is 4.68. The van der Waals surface area contributed by atoms with Gasteiger partial charge in [-0.15, -0.1) is 0 Å². The van der Waals surface area contributed by atoms with E-state index in [-0.39, 0.29) is 4.90 Å². The second kappa shape index (κ2) is 6.90. The van der Waals surface area contributed by atoms with Crippen LogP contribution >= 0.6 is 0 Å². The van der Waals surface area contributed by atoms with Gasteiger partial charge in [-0.1, -0.05) is 0 Å². The average Bonchev–Trinajstić information content (AvgIpc) is 3.04. The number of benzene rings is 1. The highest BCUT2D eigenvalue weighted by Crippen LogP contribution is 2.31. The van der Waals surface area contributed by atoms with E-state index in [0.29, 0.717) is 17.3 Å². The van der Waals surface area contributed by atoms with Gasteiger partial charge in [0.2, 0.25) is 0 Å². The number of fused-ring (bicyclic) bond motifs is 1. The summed E-state index contributed by atoms with van der Waals surface area (Å²) in [6.07, 6.45) is 1.83. The van der Waals surface area contributed by atoms with Crippen LogP contribution in [0.15, 0.2) is 41.4 Å². The monoisotopic (exact) mass is 345 g/mol. The van der Waals surface area contributed by atoms with E-state index < -0.39 is 11.1 Å². The molecule has 1 aromatic carbocycles. The fourth-order valence-corrected chi connectivity index (χ4v) is 2.84. The molecule has 0 fully saturated rings. The number of hydrogen-bond donors (Lipinski definition) is 3. The summed E-state index contributed by atoms with van der Waals surface area (Å²) in [4.78, 5) is 7.78. The van der Waals surface area contributed by atoms with Crippen molar-refractivity contribution in [2.45, 2.75) is 11.8 Å². The molecule has 8 heteroatoms. The number of aromatic amines is 1. The Balaban J connectivity index is 1.98. The minimum absolute atomic E-state index is 0.165. The van der Waals surface area contributed by atoms with Gasteiger partial charge in [-0.25, -0.2) is 4.98 Å². The summed E-state index contributed by atoms with van der Waals surface area (Å²) < 4.78 is 27.4. The SMILES string of the molecule is CCNc1cc(Nc2ccc(S(=O)[O-])cc2OC)nc2[nH]ccc12. The fourth-order valence-electron chi connectivity index (χ4n) is 2.45. The Morgan fingerprint density at radius 1 is 1.29 bits per heavy atom. The van der Waals surface area contributed by atoms with E-state index >= 15 is 0 Å². The van der Waals surface area contributed by atoms with Crippen LogP contribution in [0.4, 0.5) is 17.2 Å². The van der Waals surface area contributed by atoms with Gasteiger partial charge in [0.05, 0.1) is 12.8 Å². The number of ether oxygens (including phenoxy) is 1. The molecule has 0 bridgehead atoms. The summed E-state index contributed by atoms with van der Waals surface area (Å²) in [7, 11) is 1.49. The molecule has 3 rings (SSSR count). The third-order valence-electron chi connectivity index (χ3n) is 3.52. The summed E-state index contributed by atoms with van der Waals surface area (Å²) in [5.74, 6) is 1.05. The number of nitrogens with one attached hydrogen (secondary N) is 3. The zero-order valence-electron chi connectivity index (χ0n) is 13.3. The molecule has 3 aromatic rings. The second-order valence-corrected chi connectivity index (χ2v) is 5.99. The van der Waals surface area contributed by atoms with E-state index in [1.807, 2.05) is 25.3 Å². The molecule has 126 valence electrons. The van der Waals surface area contributed by atoms with Crippen LogP contribution in [0.3, 0.4) is 0 Å². The van der Waals surface area contributed by atoms with Crippen molar-refractivity contribution in [3.05, 3.63) is 36.5 Å². The molecular formula is C16H17N4O3S-. The van der Waals surface area contributed by atoms with Crippen LogP contribution in [0.1, 0.15) is 6.92 Å². The minimum atomic E-state index is -2.30. The highest BCUT2D eigenvalue weighted by atomic mass is 32.2. The first-order valence-corrected chi connectivity index (χ1v) is 8.46. The van der Waals surface area contributed by atoms with Crippen molar-refractivity contribution in [1.82, 2.24) is 9.97 Å². The van der Waals surface area contributed by atoms with Gasteiger partial charge in [0.1, 0.15) is 17.2 Å². The molecule has 0 radical (unpaired) electrons. The largest absolute Gasteiger partial charge is 0.768 e. The molecular weight excluding hydrogens is 328 g/mol. The van der Waals surface area contributed by atoms with Crippen LogP contribution in [0, 0.1) is 0 Å². The topological polar surface area (TPSA) is 102 Å². The summed E-state index contributed by atoms with van der Waals surface area (Å²) in [6.45, 7) is 2.81. The predicted molar refractivity (Wildman–Crippen MR) is 93.7 cm³/mol. The number of methoxy groups -OCH3 is 1. The van der Waals surface area contributed by atoms with E-state index in [4.69, 9.17) is 4.74 Å². The van der Waals surface area contributed by atoms with Gasteiger partial charge in [0.15, 0.2) is 0 Å². The van der Waals surface area contributed by atoms with Crippen molar-refractivity contribution in [2.24, 2.45) is 0 Å². The van der Waals surface area contributed by atoms with Gasteiger partial charge < -0.3 is 24.9 Å². The van der Waals surface area contributed by atoms with Crippen molar-refractivity contribution >= 4 is 39.3 Å². The molecule has 2 aromatic heterocycles. The molecule has 0 amide bonds. The highest BCUT2D eigenvalue weighted by molar-refractivity contribution is 7.79. The maximum absolute atomic E-state index is 11.1. The van der Waals surface area contributed by atoms with Gasteiger partial charge in [-0.2, -0.15) is 0 Å². The maximum atomic E-state index is 11.1. The number of pyridine rings is 1. The number of anilines is 3. The van der Waals surface area contributed by atoms with Crippen LogP contribution in [0.5, 0.6) is 5.75 Å². The zero-order valence-corrected chi connectivity index (χ0v) is 14.1. The van der Waals surface area contributed by atoms with Crippen LogP contribution in [-0.4, -0.2) is 32.4 Å². The number of aromatic nitrogens is 2. The van der Waals surface area contributed by atoms with Gasteiger partial charge in [0.25, 0.3) is 0 Å². The van der Waals surface area contributed by atoms with E-state index in [9.17, 15) is 8.76 Å². The Morgan fingerprint density at radius 3 is 2.83 bits per heavy atom. The summed E-state index contributed by atoms with van der Waals surface area (Å²) in [5.41, 5.74) is 2.35. The van der Waals surface area contributed by atoms with E-state index in [1.54, 1.807) is 6.07 Å². The molecule has 0 aliphatic carbocycles. The third-order valence-corrected chi connectivity index (χ3v) is 4.16. The normalized spacial score (nSPS) is 12.1. The van der Waals surface area contributed by atoms with Crippen LogP contribution < -0.4 is 15.4 Å². The summed E-state index contributed by atoms with van der Waals surface area (Å²) >= 11 is -2.30. The minimum Gasteiger partial charge on any atom is -0.768 e. The Labute approximate surface area is 141 Å². The van der Waals surface area contributed by atoms with Gasteiger partial charge >= 0.3 is 0 Å². The summed E-state index contributed by atoms with van der Waals surface area (Å²) in [6, 6.07) is 8.48. The lowest BCUT2D eigenvalue weighted by Crippen LogP contribution is -2.02. The fraction of sp³-hybridized carbons (Fsp3) is 0.188. The van der Waals surface area contributed by atoms with Gasteiger partial charge in [-0.3, -0.25) is 4.21 Å². The molecule has 7 nitrogen and oxygen atoms in total. The van der Waals surface area contributed by atoms with Crippen LogP contribution in [-0.2, 0) is 11.1 Å². The first kappa shape index (κ1) is 16.3. The molecule has 0 spiro atoms. The first-order chi connectivity index (χ1) is 11.6.